The minimum atomic E-state index is -0.282. The summed E-state index contributed by atoms with van der Waals surface area (Å²) in [4.78, 5) is 30.3. The Morgan fingerprint density at radius 3 is 2.57 bits per heavy atom. The van der Waals surface area contributed by atoms with Gasteiger partial charge in [0.05, 0.1) is 16.8 Å². The highest BCUT2D eigenvalue weighted by atomic mass is 32.2. The van der Waals surface area contributed by atoms with Gasteiger partial charge in [-0.05, 0) is 42.5 Å². The lowest BCUT2D eigenvalue weighted by atomic mass is 10.2. The number of aromatic nitrogens is 1. The summed E-state index contributed by atoms with van der Waals surface area (Å²) in [6.07, 6.45) is 0. The van der Waals surface area contributed by atoms with Crippen molar-refractivity contribution in [1.82, 2.24) is 4.57 Å². The Morgan fingerprint density at radius 2 is 1.93 bits per heavy atom. The quantitative estimate of drug-likeness (QED) is 0.544. The summed E-state index contributed by atoms with van der Waals surface area (Å²) >= 11 is 3.17. The van der Waals surface area contributed by atoms with E-state index in [1.807, 2.05) is 47.0 Å². The maximum absolute atomic E-state index is 12.8. The molecule has 0 aliphatic rings. The normalized spacial score (nSPS) is 12.0. The smallest absolute Gasteiger partial charge is 0.279 e. The van der Waals surface area contributed by atoms with Crippen LogP contribution < -0.4 is 10.1 Å². The van der Waals surface area contributed by atoms with E-state index >= 15 is 0 Å². The number of thioether (sulfide) groups is 1. The number of carbonyl (C=O) groups excluding carboxylic acids is 2. The van der Waals surface area contributed by atoms with Gasteiger partial charge < -0.3 is 14.6 Å². The van der Waals surface area contributed by atoms with Gasteiger partial charge in [0.25, 0.3) is 5.91 Å². The van der Waals surface area contributed by atoms with Crippen LogP contribution in [0.5, 0.6) is 0 Å². The molecule has 1 aromatic heterocycles. The molecule has 0 fully saturated rings. The number of fused-ring (bicyclic) bond motifs is 1. The molecule has 0 aliphatic heterocycles. The van der Waals surface area contributed by atoms with Gasteiger partial charge in [-0.3, -0.25) is 9.59 Å². The van der Waals surface area contributed by atoms with Gasteiger partial charge >= 0.3 is 0 Å². The van der Waals surface area contributed by atoms with Crippen LogP contribution in [-0.4, -0.2) is 35.3 Å². The molecule has 1 heterocycles. The van der Waals surface area contributed by atoms with Crippen molar-refractivity contribution in [3.05, 3.63) is 52.8 Å². The van der Waals surface area contributed by atoms with Crippen LogP contribution in [0.1, 0.15) is 31.1 Å². The van der Waals surface area contributed by atoms with Crippen LogP contribution in [0.25, 0.3) is 10.2 Å². The molecule has 8 heteroatoms. The largest absolute Gasteiger partial charge is 0.383 e. The van der Waals surface area contributed by atoms with Crippen molar-refractivity contribution in [2.24, 2.45) is 4.99 Å². The van der Waals surface area contributed by atoms with E-state index in [0.29, 0.717) is 34.5 Å². The Balaban J connectivity index is 1.98. The average Bonchev–Trinajstić information content (AvgIpc) is 3.02. The van der Waals surface area contributed by atoms with Crippen molar-refractivity contribution in [3.8, 4) is 0 Å². The second-order valence-corrected chi connectivity index (χ2v) is 9.66. The first-order valence-electron chi connectivity index (χ1n) is 9.63. The van der Waals surface area contributed by atoms with Gasteiger partial charge in [0.1, 0.15) is 0 Å². The highest BCUT2D eigenvalue weighted by Crippen LogP contribution is 2.24. The number of rotatable bonds is 7. The van der Waals surface area contributed by atoms with Crippen LogP contribution in [0.4, 0.5) is 5.69 Å². The van der Waals surface area contributed by atoms with E-state index in [0.717, 1.165) is 15.1 Å². The number of hydrogen-bond acceptors (Lipinski definition) is 5. The van der Waals surface area contributed by atoms with Crippen molar-refractivity contribution < 1.29 is 14.3 Å². The average molecular weight is 444 g/mol. The molecule has 0 saturated carbocycles. The third-order valence-electron chi connectivity index (χ3n) is 4.19. The zero-order chi connectivity index (χ0) is 21.7. The van der Waals surface area contributed by atoms with Crippen LogP contribution in [0, 0.1) is 0 Å². The SMILES string of the molecule is COCCn1c(=NC(=O)c2ccc(SC(C)C)cc2)sc2cc(NC(C)=O)ccc21. The van der Waals surface area contributed by atoms with Crippen LogP contribution in [0.2, 0.25) is 0 Å². The molecule has 0 aliphatic carbocycles. The second-order valence-electron chi connectivity index (χ2n) is 7.00. The van der Waals surface area contributed by atoms with Crippen molar-refractivity contribution >= 4 is 50.8 Å². The summed E-state index contributed by atoms with van der Waals surface area (Å²) < 4.78 is 8.14. The Kier molecular flexibility index (Phi) is 7.47. The van der Waals surface area contributed by atoms with Crippen LogP contribution in [0.15, 0.2) is 52.4 Å². The molecule has 3 rings (SSSR count). The van der Waals surface area contributed by atoms with E-state index < -0.39 is 0 Å². The molecule has 3 aromatic rings. The first-order valence-corrected chi connectivity index (χ1v) is 11.3. The van der Waals surface area contributed by atoms with Gasteiger partial charge in [-0.15, -0.1) is 11.8 Å². The predicted octanol–water partition coefficient (Wildman–Crippen LogP) is 4.55. The molecule has 0 unspecified atom stereocenters. The fraction of sp³-hybridized carbons (Fsp3) is 0.318. The number of thiazole rings is 1. The molecule has 0 spiro atoms. The van der Waals surface area contributed by atoms with E-state index in [9.17, 15) is 9.59 Å². The lowest BCUT2D eigenvalue weighted by Crippen LogP contribution is -2.19. The monoisotopic (exact) mass is 443 g/mol. The minimum absolute atomic E-state index is 0.127. The van der Waals surface area contributed by atoms with Gasteiger partial charge in [-0.1, -0.05) is 25.2 Å². The summed E-state index contributed by atoms with van der Waals surface area (Å²) in [5.74, 6) is -0.409. The van der Waals surface area contributed by atoms with Crippen molar-refractivity contribution in [3.63, 3.8) is 0 Å². The van der Waals surface area contributed by atoms with Crippen LogP contribution >= 0.6 is 23.1 Å². The number of nitrogens with zero attached hydrogens (tertiary/aromatic N) is 2. The van der Waals surface area contributed by atoms with E-state index in [4.69, 9.17) is 4.74 Å². The van der Waals surface area contributed by atoms with Gasteiger partial charge in [0, 0.05) is 42.0 Å². The summed E-state index contributed by atoms with van der Waals surface area (Å²) in [6.45, 7) is 6.82. The highest BCUT2D eigenvalue weighted by molar-refractivity contribution is 7.99. The number of carbonyl (C=O) groups is 2. The lowest BCUT2D eigenvalue weighted by molar-refractivity contribution is -0.114. The summed E-state index contributed by atoms with van der Waals surface area (Å²) in [7, 11) is 1.64. The Bertz CT molecular complexity index is 1110. The fourth-order valence-electron chi connectivity index (χ4n) is 2.94. The third kappa shape index (κ3) is 5.59. The molecule has 1 N–H and O–H groups in total. The zero-order valence-electron chi connectivity index (χ0n) is 17.5. The molecule has 2 aromatic carbocycles. The predicted molar refractivity (Wildman–Crippen MR) is 123 cm³/mol. The van der Waals surface area contributed by atoms with Crippen LogP contribution in [0.3, 0.4) is 0 Å². The Morgan fingerprint density at radius 1 is 1.20 bits per heavy atom. The van der Waals surface area contributed by atoms with E-state index in [2.05, 4.69) is 24.2 Å². The number of anilines is 1. The molecule has 0 saturated heterocycles. The minimum Gasteiger partial charge on any atom is -0.383 e. The van der Waals surface area contributed by atoms with Crippen molar-refractivity contribution in [2.45, 2.75) is 37.5 Å². The molecule has 0 bridgehead atoms. The summed E-state index contributed by atoms with van der Waals surface area (Å²) in [5.41, 5.74) is 2.21. The number of benzene rings is 2. The zero-order valence-corrected chi connectivity index (χ0v) is 19.1. The first-order chi connectivity index (χ1) is 14.4. The fourth-order valence-corrected chi connectivity index (χ4v) is 4.87. The Hall–Kier alpha value is -2.42. The van der Waals surface area contributed by atoms with Gasteiger partial charge in [-0.25, -0.2) is 0 Å². The highest BCUT2D eigenvalue weighted by Gasteiger charge is 2.11. The first kappa shape index (κ1) is 22.3. The lowest BCUT2D eigenvalue weighted by Gasteiger charge is -2.06. The molecule has 6 nitrogen and oxygen atoms in total. The molecular formula is C22H25N3O3S2. The molecule has 2 amide bonds. The Labute approximate surface area is 184 Å². The third-order valence-corrected chi connectivity index (χ3v) is 6.25. The number of methoxy groups -OCH3 is 1. The maximum Gasteiger partial charge on any atom is 0.279 e. The number of ether oxygens (including phenoxy) is 1. The summed E-state index contributed by atoms with van der Waals surface area (Å²) in [6, 6.07) is 13.2. The van der Waals surface area contributed by atoms with Crippen LogP contribution in [-0.2, 0) is 16.1 Å². The molecule has 30 heavy (non-hydrogen) atoms. The number of amides is 2. The van der Waals surface area contributed by atoms with E-state index in [1.165, 1.54) is 18.3 Å². The molecule has 158 valence electrons. The second kappa shape index (κ2) is 10.1. The van der Waals surface area contributed by atoms with Gasteiger partial charge in [0.15, 0.2) is 4.80 Å². The van der Waals surface area contributed by atoms with E-state index in [1.54, 1.807) is 18.9 Å². The van der Waals surface area contributed by atoms with Crippen molar-refractivity contribution in [2.75, 3.05) is 19.0 Å². The maximum atomic E-state index is 12.8. The molecular weight excluding hydrogens is 418 g/mol. The topological polar surface area (TPSA) is 72.7 Å². The number of hydrogen-bond donors (Lipinski definition) is 1. The van der Waals surface area contributed by atoms with Gasteiger partial charge in [-0.2, -0.15) is 4.99 Å². The summed E-state index contributed by atoms with van der Waals surface area (Å²) in [5, 5.41) is 3.27. The van der Waals surface area contributed by atoms with Crippen molar-refractivity contribution in [1.29, 1.82) is 0 Å². The standard InChI is InChI=1S/C22H25N3O3S2/c1-14(2)29-18-8-5-16(6-9-18)21(27)24-22-25(11-12-28-4)19-10-7-17(23-15(3)26)13-20(19)30-22/h5-10,13-14H,11-12H2,1-4H3,(H,23,26). The molecule has 0 atom stereocenters. The number of nitrogens with one attached hydrogen (secondary N) is 1. The van der Waals surface area contributed by atoms with Gasteiger partial charge in [0.2, 0.25) is 5.91 Å². The molecule has 0 radical (unpaired) electrons. The van der Waals surface area contributed by atoms with E-state index in [-0.39, 0.29) is 11.8 Å².